The Labute approximate surface area is 109 Å². The topological polar surface area (TPSA) is 101 Å². The monoisotopic (exact) mass is 289 g/mol. The maximum atomic E-state index is 13.4. The Morgan fingerprint density at radius 1 is 1.37 bits per heavy atom. The molecule has 19 heavy (non-hydrogen) atoms. The number of nitrogens with one attached hydrogen (secondary N) is 1. The highest BCUT2D eigenvalue weighted by molar-refractivity contribution is 7.92. The molecule has 0 spiro atoms. The minimum atomic E-state index is -3.61. The van der Waals surface area contributed by atoms with E-state index < -0.39 is 32.8 Å². The van der Waals surface area contributed by atoms with E-state index >= 15 is 0 Å². The Morgan fingerprint density at radius 2 is 1.95 bits per heavy atom. The summed E-state index contributed by atoms with van der Waals surface area (Å²) in [6.07, 6.45) is 0.876. The molecule has 0 heterocycles. The van der Waals surface area contributed by atoms with E-state index in [9.17, 15) is 22.4 Å². The second-order valence-electron chi connectivity index (χ2n) is 3.96. The number of carboxylic acid groups (broad SMARTS) is 1. The molecule has 0 aromatic heterocycles. The first-order valence-corrected chi connectivity index (χ1v) is 7.11. The molecule has 1 rings (SSSR count). The number of carbonyl (C=O) groups excluding carboxylic acids is 1. The first-order valence-electron chi connectivity index (χ1n) is 5.15. The number of hydrogen-bond donors (Lipinski definition) is 2. The predicted molar refractivity (Wildman–Crippen MR) is 66.3 cm³/mol. The zero-order valence-electron chi connectivity index (χ0n) is 10.2. The van der Waals surface area contributed by atoms with E-state index in [0.29, 0.717) is 0 Å². The van der Waals surface area contributed by atoms with Gasteiger partial charge in [0.2, 0.25) is 5.91 Å². The van der Waals surface area contributed by atoms with Crippen molar-refractivity contribution >= 4 is 27.4 Å². The van der Waals surface area contributed by atoms with Gasteiger partial charge in [0.05, 0.1) is 11.3 Å². The van der Waals surface area contributed by atoms with Crippen LogP contribution in [0, 0.1) is 5.82 Å². The Balaban J connectivity index is 3.03. The van der Waals surface area contributed by atoms with E-state index in [1.165, 1.54) is 0 Å². The molecule has 1 aromatic rings. The molecule has 0 saturated heterocycles. The van der Waals surface area contributed by atoms with Gasteiger partial charge in [0.15, 0.2) is 9.84 Å². The Hall–Kier alpha value is -1.96. The average molecular weight is 289 g/mol. The lowest BCUT2D eigenvalue weighted by Crippen LogP contribution is -2.32. The van der Waals surface area contributed by atoms with Gasteiger partial charge < -0.3 is 10.4 Å². The molecule has 104 valence electrons. The van der Waals surface area contributed by atoms with Crippen molar-refractivity contribution in [2.45, 2.75) is 12.2 Å². The molecular weight excluding hydrogens is 277 g/mol. The van der Waals surface area contributed by atoms with Gasteiger partial charge >= 0.3 is 5.97 Å². The van der Waals surface area contributed by atoms with E-state index in [-0.39, 0.29) is 11.3 Å². The fourth-order valence-electron chi connectivity index (χ4n) is 1.18. The van der Waals surface area contributed by atoms with Crippen LogP contribution in [0.3, 0.4) is 0 Å². The molecule has 0 saturated carbocycles. The number of hydrogen-bond acceptors (Lipinski definition) is 4. The third kappa shape index (κ3) is 3.75. The molecule has 0 bridgehead atoms. The maximum absolute atomic E-state index is 13.4. The normalized spacial score (nSPS) is 12.8. The summed E-state index contributed by atoms with van der Waals surface area (Å²) in [7, 11) is -3.61. The molecule has 1 aromatic carbocycles. The molecular formula is C11H12FNO5S. The van der Waals surface area contributed by atoms with E-state index in [4.69, 9.17) is 5.11 Å². The van der Waals surface area contributed by atoms with Crippen molar-refractivity contribution in [3.05, 3.63) is 29.6 Å². The lowest BCUT2D eigenvalue weighted by molar-refractivity contribution is -0.115. The molecule has 0 aliphatic carbocycles. The van der Waals surface area contributed by atoms with Gasteiger partial charge in [-0.05, 0) is 25.1 Å². The molecule has 0 aliphatic heterocycles. The fourth-order valence-corrected chi connectivity index (χ4v) is 1.63. The van der Waals surface area contributed by atoms with Crippen molar-refractivity contribution in [1.29, 1.82) is 0 Å². The van der Waals surface area contributed by atoms with Crippen molar-refractivity contribution in [3.8, 4) is 0 Å². The van der Waals surface area contributed by atoms with Crippen LogP contribution in [-0.2, 0) is 14.6 Å². The second kappa shape index (κ2) is 5.35. The minimum absolute atomic E-state index is 0.219. The molecule has 1 amide bonds. The maximum Gasteiger partial charge on any atom is 0.335 e. The Bertz CT molecular complexity index is 626. The summed E-state index contributed by atoms with van der Waals surface area (Å²) >= 11 is 0. The number of anilines is 1. The summed E-state index contributed by atoms with van der Waals surface area (Å²) in [5, 5.41) is 9.44. The highest BCUT2D eigenvalue weighted by atomic mass is 32.2. The van der Waals surface area contributed by atoms with Gasteiger partial charge in [-0.15, -0.1) is 0 Å². The molecule has 1 unspecified atom stereocenters. The molecule has 0 fully saturated rings. The summed E-state index contributed by atoms with van der Waals surface area (Å²) in [4.78, 5) is 22.3. The van der Waals surface area contributed by atoms with Crippen LogP contribution in [0.2, 0.25) is 0 Å². The van der Waals surface area contributed by atoms with Crippen LogP contribution >= 0.6 is 0 Å². The number of rotatable bonds is 4. The molecule has 0 radical (unpaired) electrons. The average Bonchev–Trinajstić information content (AvgIpc) is 2.29. The van der Waals surface area contributed by atoms with Crippen LogP contribution < -0.4 is 5.32 Å². The first-order chi connectivity index (χ1) is 8.62. The second-order valence-corrected chi connectivity index (χ2v) is 6.33. The summed E-state index contributed by atoms with van der Waals surface area (Å²) < 4.78 is 35.7. The quantitative estimate of drug-likeness (QED) is 0.857. The Kier molecular flexibility index (Phi) is 4.25. The van der Waals surface area contributed by atoms with Gasteiger partial charge in [0.1, 0.15) is 11.1 Å². The molecule has 6 nitrogen and oxygen atoms in total. The smallest absolute Gasteiger partial charge is 0.335 e. The summed E-state index contributed by atoms with van der Waals surface area (Å²) in [5.41, 5.74) is -0.593. The summed E-state index contributed by atoms with van der Waals surface area (Å²) in [6.45, 7) is 1.16. The molecule has 1 atom stereocenters. The predicted octanol–water partition coefficient (Wildman–Crippen LogP) is 0.896. The van der Waals surface area contributed by atoms with E-state index in [1.807, 2.05) is 0 Å². The van der Waals surface area contributed by atoms with Crippen molar-refractivity contribution in [2.24, 2.45) is 0 Å². The number of halogens is 1. The Morgan fingerprint density at radius 3 is 2.42 bits per heavy atom. The van der Waals surface area contributed by atoms with E-state index in [2.05, 4.69) is 5.32 Å². The lowest BCUT2D eigenvalue weighted by Gasteiger charge is -2.11. The summed E-state index contributed by atoms with van der Waals surface area (Å²) in [5.74, 6) is -3.06. The molecule has 2 N–H and O–H groups in total. The van der Waals surface area contributed by atoms with Crippen molar-refractivity contribution in [1.82, 2.24) is 0 Å². The highest BCUT2D eigenvalue weighted by Crippen LogP contribution is 2.17. The van der Waals surface area contributed by atoms with Crippen LogP contribution in [0.4, 0.5) is 10.1 Å². The number of amides is 1. The van der Waals surface area contributed by atoms with Gasteiger partial charge in [-0.25, -0.2) is 17.6 Å². The van der Waals surface area contributed by atoms with Gasteiger partial charge in [-0.1, -0.05) is 0 Å². The first kappa shape index (κ1) is 15.1. The van der Waals surface area contributed by atoms with Gasteiger partial charge in [0, 0.05) is 6.26 Å². The third-order valence-electron chi connectivity index (χ3n) is 2.48. The fraction of sp³-hybridized carbons (Fsp3) is 0.273. The molecule has 8 heteroatoms. The zero-order valence-corrected chi connectivity index (χ0v) is 11.0. The SMILES string of the molecule is CC(C(=O)Nc1cc(C(=O)O)ccc1F)S(C)(=O)=O. The van der Waals surface area contributed by atoms with Crippen LogP contribution in [-0.4, -0.2) is 36.9 Å². The minimum Gasteiger partial charge on any atom is -0.478 e. The van der Waals surface area contributed by atoms with Crippen molar-refractivity contribution in [2.75, 3.05) is 11.6 Å². The summed E-state index contributed by atoms with van der Waals surface area (Å²) in [6, 6.07) is 2.84. The number of carboxylic acids is 1. The van der Waals surface area contributed by atoms with Crippen LogP contribution in [0.5, 0.6) is 0 Å². The van der Waals surface area contributed by atoms with Crippen LogP contribution in [0.15, 0.2) is 18.2 Å². The largest absolute Gasteiger partial charge is 0.478 e. The van der Waals surface area contributed by atoms with E-state index in [0.717, 1.165) is 31.4 Å². The van der Waals surface area contributed by atoms with Crippen LogP contribution in [0.25, 0.3) is 0 Å². The van der Waals surface area contributed by atoms with Gasteiger partial charge in [-0.3, -0.25) is 4.79 Å². The molecule has 0 aliphatic rings. The van der Waals surface area contributed by atoms with Crippen molar-refractivity contribution in [3.63, 3.8) is 0 Å². The number of benzene rings is 1. The lowest BCUT2D eigenvalue weighted by atomic mass is 10.2. The standard InChI is InChI=1S/C11H12FNO5S/c1-6(19(2,17)18)10(14)13-9-5-7(11(15)16)3-4-8(9)12/h3-6H,1-2H3,(H,13,14)(H,15,16). The van der Waals surface area contributed by atoms with Crippen LogP contribution in [0.1, 0.15) is 17.3 Å². The van der Waals surface area contributed by atoms with E-state index in [1.54, 1.807) is 0 Å². The zero-order chi connectivity index (χ0) is 14.8. The number of sulfone groups is 1. The van der Waals surface area contributed by atoms with Gasteiger partial charge in [0.25, 0.3) is 0 Å². The number of aromatic carboxylic acids is 1. The van der Waals surface area contributed by atoms with Crippen molar-refractivity contribution < 1.29 is 27.5 Å². The van der Waals surface area contributed by atoms with Gasteiger partial charge in [-0.2, -0.15) is 0 Å². The third-order valence-corrected chi connectivity index (χ3v) is 3.98. The highest BCUT2D eigenvalue weighted by Gasteiger charge is 2.24. The number of carbonyl (C=O) groups is 2.